The Bertz CT molecular complexity index is 323. The summed E-state index contributed by atoms with van der Waals surface area (Å²) in [6, 6.07) is 0.315. The van der Waals surface area contributed by atoms with Crippen LogP contribution in [0.15, 0.2) is 0 Å². The van der Waals surface area contributed by atoms with E-state index in [1.54, 1.807) is 0 Å². The highest BCUT2D eigenvalue weighted by Gasteiger charge is 2.43. The van der Waals surface area contributed by atoms with E-state index in [-0.39, 0.29) is 6.10 Å². The fraction of sp³-hybridized carbons (Fsp3) is 0.938. The number of carboxylic acids is 1. The average Bonchev–Trinajstić information content (AvgIpc) is 2.44. The molecule has 1 fully saturated rings. The summed E-state index contributed by atoms with van der Waals surface area (Å²) in [7, 11) is 2.08. The molecule has 0 heterocycles. The number of nitrogens with zero attached hydrogens (tertiary/aromatic N) is 1. The Balaban J connectivity index is 2.57. The smallest absolute Gasteiger partial charge is 0.323 e. The summed E-state index contributed by atoms with van der Waals surface area (Å²) >= 11 is 0. The first-order valence-corrected chi connectivity index (χ1v) is 8.21. The lowest BCUT2D eigenvalue weighted by Crippen LogP contribution is -2.58. The molecule has 0 aliphatic heterocycles. The van der Waals surface area contributed by atoms with E-state index in [4.69, 9.17) is 4.74 Å². The Hall–Kier alpha value is -0.650. The number of nitrogens with one attached hydrogen (secondary N) is 1. The summed E-state index contributed by atoms with van der Waals surface area (Å²) < 4.78 is 5.59. The van der Waals surface area contributed by atoms with Gasteiger partial charge in [0.25, 0.3) is 0 Å². The summed E-state index contributed by atoms with van der Waals surface area (Å²) in [5, 5.41) is 12.9. The molecule has 0 aromatic rings. The largest absolute Gasteiger partial charge is 0.480 e. The molecule has 2 N–H and O–H groups in total. The molecule has 1 aliphatic rings. The number of rotatable bonds is 9. The first-order chi connectivity index (χ1) is 9.91. The van der Waals surface area contributed by atoms with E-state index in [1.807, 2.05) is 13.8 Å². The maximum Gasteiger partial charge on any atom is 0.323 e. The maximum atomic E-state index is 11.7. The van der Waals surface area contributed by atoms with Gasteiger partial charge in [-0.1, -0.05) is 6.92 Å². The predicted octanol–water partition coefficient (Wildman–Crippen LogP) is 2.11. The highest BCUT2D eigenvalue weighted by molar-refractivity contribution is 5.79. The van der Waals surface area contributed by atoms with Crippen LogP contribution in [0.2, 0.25) is 0 Å². The molecule has 0 amide bonds. The fourth-order valence-electron chi connectivity index (χ4n) is 3.03. The van der Waals surface area contributed by atoms with Gasteiger partial charge in [-0.2, -0.15) is 0 Å². The van der Waals surface area contributed by atoms with E-state index >= 15 is 0 Å². The number of likely N-dealkylation sites (N-methyl/N-ethyl adjacent to an activating group) is 1. The van der Waals surface area contributed by atoms with Gasteiger partial charge in [0.05, 0.1) is 12.7 Å². The van der Waals surface area contributed by atoms with Gasteiger partial charge in [0.1, 0.15) is 5.54 Å². The molecule has 5 heteroatoms. The molecule has 0 bridgehead atoms. The van der Waals surface area contributed by atoms with E-state index in [9.17, 15) is 9.90 Å². The van der Waals surface area contributed by atoms with E-state index in [2.05, 4.69) is 24.2 Å². The highest BCUT2D eigenvalue weighted by atomic mass is 16.5. The molecule has 0 spiro atoms. The number of hydrogen-bond donors (Lipinski definition) is 2. The molecule has 1 aliphatic carbocycles. The topological polar surface area (TPSA) is 61.8 Å². The van der Waals surface area contributed by atoms with E-state index in [0.29, 0.717) is 19.1 Å². The van der Waals surface area contributed by atoms with Crippen molar-refractivity contribution < 1.29 is 14.6 Å². The number of carbonyl (C=O) groups is 1. The van der Waals surface area contributed by atoms with Crippen LogP contribution in [0.5, 0.6) is 0 Å². The minimum absolute atomic E-state index is 0.245. The quantitative estimate of drug-likeness (QED) is 0.683. The number of aliphatic carboxylic acids is 1. The minimum Gasteiger partial charge on any atom is -0.480 e. The van der Waals surface area contributed by atoms with Crippen molar-refractivity contribution >= 4 is 5.97 Å². The first kappa shape index (κ1) is 18.4. The molecule has 2 atom stereocenters. The number of ether oxygens (including phenoxy) is 1. The Labute approximate surface area is 129 Å². The van der Waals surface area contributed by atoms with Crippen molar-refractivity contribution in [1.29, 1.82) is 0 Å². The van der Waals surface area contributed by atoms with Crippen LogP contribution in [0.1, 0.15) is 52.9 Å². The molecular formula is C16H32N2O3. The van der Waals surface area contributed by atoms with Gasteiger partial charge in [-0.15, -0.1) is 0 Å². The van der Waals surface area contributed by atoms with Gasteiger partial charge >= 0.3 is 5.97 Å². The molecule has 2 unspecified atom stereocenters. The third-order valence-corrected chi connectivity index (χ3v) is 4.37. The van der Waals surface area contributed by atoms with Crippen LogP contribution in [0.25, 0.3) is 0 Å². The average molecular weight is 300 g/mol. The van der Waals surface area contributed by atoms with Gasteiger partial charge in [-0.05, 0) is 59.5 Å². The van der Waals surface area contributed by atoms with E-state index in [1.165, 1.54) is 0 Å². The van der Waals surface area contributed by atoms with Gasteiger partial charge in [0.2, 0.25) is 0 Å². The van der Waals surface area contributed by atoms with Crippen LogP contribution in [0, 0.1) is 0 Å². The van der Waals surface area contributed by atoms with Gasteiger partial charge in [0, 0.05) is 12.6 Å². The summed E-state index contributed by atoms with van der Waals surface area (Å²) in [5.74, 6) is -0.701. The monoisotopic (exact) mass is 300 g/mol. The van der Waals surface area contributed by atoms with Crippen molar-refractivity contribution in [3.8, 4) is 0 Å². The molecule has 0 aromatic heterocycles. The molecule has 0 saturated heterocycles. The van der Waals surface area contributed by atoms with Crippen molar-refractivity contribution in [2.24, 2.45) is 0 Å². The van der Waals surface area contributed by atoms with E-state index < -0.39 is 11.5 Å². The maximum absolute atomic E-state index is 11.7. The zero-order valence-electron chi connectivity index (χ0n) is 14.0. The van der Waals surface area contributed by atoms with Crippen LogP contribution in [0.4, 0.5) is 0 Å². The first-order valence-electron chi connectivity index (χ1n) is 8.21. The molecule has 0 radical (unpaired) electrons. The van der Waals surface area contributed by atoms with Crippen molar-refractivity contribution in [2.45, 2.75) is 70.6 Å². The minimum atomic E-state index is -0.744. The zero-order chi connectivity index (χ0) is 15.9. The Morgan fingerprint density at radius 2 is 2.24 bits per heavy atom. The Kier molecular flexibility index (Phi) is 7.63. The fourth-order valence-corrected chi connectivity index (χ4v) is 3.03. The lowest BCUT2D eigenvalue weighted by molar-refractivity contribution is -0.147. The van der Waals surface area contributed by atoms with Gasteiger partial charge in [-0.25, -0.2) is 0 Å². The predicted molar refractivity (Wildman–Crippen MR) is 84.6 cm³/mol. The third kappa shape index (κ3) is 5.57. The SMILES string of the molecule is CCCNC1(C(=O)O)CCCC(N(C)CCOC(C)C)C1. The van der Waals surface area contributed by atoms with Crippen LogP contribution in [-0.4, -0.2) is 60.4 Å². The summed E-state index contributed by atoms with van der Waals surface area (Å²) in [5.41, 5.74) is -0.744. The van der Waals surface area contributed by atoms with Crippen LogP contribution in [-0.2, 0) is 9.53 Å². The highest BCUT2D eigenvalue weighted by Crippen LogP contribution is 2.31. The van der Waals surface area contributed by atoms with E-state index in [0.717, 1.165) is 38.8 Å². The molecule has 1 saturated carbocycles. The van der Waals surface area contributed by atoms with Crippen LogP contribution in [0.3, 0.4) is 0 Å². The normalized spacial score (nSPS) is 26.5. The van der Waals surface area contributed by atoms with Gasteiger partial charge in [0.15, 0.2) is 0 Å². The van der Waals surface area contributed by atoms with Crippen LogP contribution < -0.4 is 5.32 Å². The van der Waals surface area contributed by atoms with Crippen molar-refractivity contribution in [3.63, 3.8) is 0 Å². The lowest BCUT2D eigenvalue weighted by Gasteiger charge is -2.41. The zero-order valence-corrected chi connectivity index (χ0v) is 14.0. The standard InChI is InChI=1S/C16H32N2O3/c1-5-9-17-16(15(19)20)8-6-7-14(12-16)18(4)10-11-21-13(2)3/h13-14,17H,5-12H2,1-4H3,(H,19,20). The Morgan fingerprint density at radius 3 is 2.81 bits per heavy atom. The number of hydrogen-bond acceptors (Lipinski definition) is 4. The second kappa shape index (κ2) is 8.71. The Morgan fingerprint density at radius 1 is 1.52 bits per heavy atom. The second-order valence-electron chi connectivity index (χ2n) is 6.46. The van der Waals surface area contributed by atoms with Crippen LogP contribution >= 0.6 is 0 Å². The van der Waals surface area contributed by atoms with Gasteiger partial charge in [-0.3, -0.25) is 4.79 Å². The molecule has 124 valence electrons. The molecular weight excluding hydrogens is 268 g/mol. The third-order valence-electron chi connectivity index (χ3n) is 4.37. The molecule has 5 nitrogen and oxygen atoms in total. The summed E-state index contributed by atoms with van der Waals surface area (Å²) in [4.78, 5) is 14.0. The second-order valence-corrected chi connectivity index (χ2v) is 6.46. The van der Waals surface area contributed by atoms with Gasteiger partial charge < -0.3 is 20.1 Å². The summed E-state index contributed by atoms with van der Waals surface area (Å²) in [6.07, 6.45) is 4.64. The van der Waals surface area contributed by atoms with Crippen molar-refractivity contribution in [1.82, 2.24) is 10.2 Å². The van der Waals surface area contributed by atoms with Crippen molar-refractivity contribution in [3.05, 3.63) is 0 Å². The lowest BCUT2D eigenvalue weighted by atomic mass is 9.78. The molecule has 0 aromatic carbocycles. The molecule has 1 rings (SSSR count). The number of carboxylic acid groups (broad SMARTS) is 1. The molecule has 21 heavy (non-hydrogen) atoms. The summed E-state index contributed by atoms with van der Waals surface area (Å²) in [6.45, 7) is 8.45. The van der Waals surface area contributed by atoms with Crippen molar-refractivity contribution in [2.75, 3.05) is 26.7 Å².